The molecule has 1 aromatic heterocycles. The van der Waals surface area contributed by atoms with Crippen molar-refractivity contribution in [2.45, 2.75) is 38.1 Å². The predicted molar refractivity (Wildman–Crippen MR) is 94.5 cm³/mol. The average Bonchev–Trinajstić information content (AvgIpc) is 2.96. The zero-order valence-electron chi connectivity index (χ0n) is 15.1. The van der Waals surface area contributed by atoms with Crippen LogP contribution < -0.4 is 4.90 Å². The average molecular weight is 367 g/mol. The first-order chi connectivity index (χ1) is 11.8. The summed E-state index contributed by atoms with van der Waals surface area (Å²) in [4.78, 5) is 13.0. The Hall–Kier alpha value is -1.93. The highest BCUT2D eigenvalue weighted by Gasteiger charge is 2.24. The van der Waals surface area contributed by atoms with E-state index in [1.165, 1.54) is 28.8 Å². The lowest BCUT2D eigenvalue weighted by Crippen LogP contribution is -3.05. The minimum atomic E-state index is -0.306. The van der Waals surface area contributed by atoms with E-state index in [1.54, 1.807) is 12.1 Å². The number of halogens is 1. The van der Waals surface area contributed by atoms with E-state index in [4.69, 9.17) is 4.74 Å². The number of esters is 1. The molecule has 1 N–H and O–H groups in total. The van der Waals surface area contributed by atoms with Crippen LogP contribution in [-0.4, -0.2) is 46.7 Å². The molecular formula is C17H24FN4O2S+. The number of ether oxygens (including phenoxy) is 1. The van der Waals surface area contributed by atoms with Crippen LogP contribution in [0.4, 0.5) is 4.39 Å². The number of hydrogen-bond donors (Lipinski definition) is 1. The fraction of sp³-hybridized carbons (Fsp3) is 0.471. The molecular weight excluding hydrogens is 343 g/mol. The summed E-state index contributed by atoms with van der Waals surface area (Å²) >= 11 is 1.26. The number of carbonyl (C=O) groups is 1. The molecule has 1 heterocycles. The maximum Gasteiger partial charge on any atom is 0.316 e. The van der Waals surface area contributed by atoms with E-state index >= 15 is 0 Å². The zero-order chi connectivity index (χ0) is 18.6. The van der Waals surface area contributed by atoms with E-state index in [1.807, 2.05) is 39.4 Å². The van der Waals surface area contributed by atoms with Gasteiger partial charge in [-0.3, -0.25) is 9.36 Å². The predicted octanol–water partition coefficient (Wildman–Crippen LogP) is 1.66. The molecule has 0 aliphatic carbocycles. The van der Waals surface area contributed by atoms with Gasteiger partial charge >= 0.3 is 5.97 Å². The molecule has 2 rings (SSSR count). The Labute approximate surface area is 151 Å². The topological polar surface area (TPSA) is 61.4 Å². The summed E-state index contributed by atoms with van der Waals surface area (Å²) in [7, 11) is 4.06. The van der Waals surface area contributed by atoms with Crippen molar-refractivity contribution >= 4 is 17.7 Å². The fourth-order valence-corrected chi connectivity index (χ4v) is 2.91. The van der Waals surface area contributed by atoms with Gasteiger partial charge in [-0.15, -0.1) is 10.2 Å². The van der Waals surface area contributed by atoms with Gasteiger partial charge in [0.25, 0.3) is 0 Å². The summed E-state index contributed by atoms with van der Waals surface area (Å²) in [6, 6.07) is 6.23. The van der Waals surface area contributed by atoms with Gasteiger partial charge in [0.2, 0.25) is 0 Å². The summed E-state index contributed by atoms with van der Waals surface area (Å²) in [5.74, 6) is 0.285. The summed E-state index contributed by atoms with van der Waals surface area (Å²) in [5.41, 5.74) is 0.759. The molecule has 2 aromatic rings. The van der Waals surface area contributed by atoms with E-state index < -0.39 is 0 Å². The molecule has 0 spiro atoms. The minimum absolute atomic E-state index is 0.0783. The number of aromatic nitrogens is 3. The molecule has 0 fully saturated rings. The quantitative estimate of drug-likeness (QED) is 0.596. The molecule has 0 aliphatic rings. The maximum absolute atomic E-state index is 13.3. The van der Waals surface area contributed by atoms with E-state index in [2.05, 4.69) is 10.2 Å². The van der Waals surface area contributed by atoms with Gasteiger partial charge in [0, 0.05) is 5.69 Å². The van der Waals surface area contributed by atoms with Gasteiger partial charge in [-0.1, -0.05) is 11.8 Å². The Morgan fingerprint density at radius 1 is 1.24 bits per heavy atom. The van der Waals surface area contributed by atoms with E-state index in [0.717, 1.165) is 11.5 Å². The van der Waals surface area contributed by atoms with Gasteiger partial charge in [0.15, 0.2) is 11.0 Å². The summed E-state index contributed by atoms with van der Waals surface area (Å²) in [6.45, 7) is 5.66. The number of carbonyl (C=O) groups excluding carboxylic acids is 1. The van der Waals surface area contributed by atoms with Crippen molar-refractivity contribution in [3.8, 4) is 5.69 Å². The third-order valence-electron chi connectivity index (χ3n) is 3.68. The number of thioether (sulfide) groups is 1. The van der Waals surface area contributed by atoms with Gasteiger partial charge in [-0.25, -0.2) is 4.39 Å². The molecule has 136 valence electrons. The molecule has 0 unspecified atom stereocenters. The molecule has 0 saturated carbocycles. The summed E-state index contributed by atoms with van der Waals surface area (Å²) in [5, 5.41) is 9.11. The Bertz CT molecular complexity index is 716. The number of nitrogens with zero attached hydrogens (tertiary/aromatic N) is 3. The zero-order valence-corrected chi connectivity index (χ0v) is 15.9. The van der Waals surface area contributed by atoms with Gasteiger partial charge in [-0.2, -0.15) is 0 Å². The highest BCUT2D eigenvalue weighted by Crippen LogP contribution is 2.24. The molecule has 0 amide bonds. The molecule has 6 nitrogen and oxygen atoms in total. The molecule has 1 aromatic carbocycles. The number of nitrogens with one attached hydrogen (secondary N) is 1. The van der Waals surface area contributed by atoms with Crippen LogP contribution in [0.25, 0.3) is 5.69 Å². The second-order valence-corrected chi connectivity index (χ2v) is 7.22. The lowest BCUT2D eigenvalue weighted by molar-refractivity contribution is -0.890. The van der Waals surface area contributed by atoms with Crippen molar-refractivity contribution in [1.29, 1.82) is 0 Å². The molecule has 1 atom stereocenters. The largest absolute Gasteiger partial charge is 0.462 e. The molecule has 0 radical (unpaired) electrons. The van der Waals surface area contributed by atoms with Crippen LogP contribution in [0.2, 0.25) is 0 Å². The first kappa shape index (κ1) is 19.4. The van der Waals surface area contributed by atoms with Crippen LogP contribution in [0.1, 0.15) is 32.6 Å². The van der Waals surface area contributed by atoms with Crippen LogP contribution in [0.15, 0.2) is 29.4 Å². The normalized spacial score (nSPS) is 12.6. The third-order valence-corrected chi connectivity index (χ3v) is 4.59. The maximum atomic E-state index is 13.3. The lowest BCUT2D eigenvalue weighted by Gasteiger charge is -2.18. The van der Waals surface area contributed by atoms with Crippen molar-refractivity contribution in [3.63, 3.8) is 0 Å². The number of benzene rings is 1. The van der Waals surface area contributed by atoms with E-state index in [0.29, 0.717) is 5.16 Å². The Balaban J connectivity index is 2.33. The SMILES string of the molecule is CC(C)OC(=O)CSc1nnc([C@@H](C)[NH+](C)C)n1-c1ccc(F)cc1. The summed E-state index contributed by atoms with van der Waals surface area (Å²) in [6.07, 6.45) is -0.156. The van der Waals surface area contributed by atoms with Crippen molar-refractivity contribution < 1.29 is 18.8 Å². The van der Waals surface area contributed by atoms with Crippen LogP contribution in [0.3, 0.4) is 0 Å². The van der Waals surface area contributed by atoms with Crippen molar-refractivity contribution in [3.05, 3.63) is 35.9 Å². The molecule has 0 bridgehead atoms. The first-order valence-electron chi connectivity index (χ1n) is 8.13. The smallest absolute Gasteiger partial charge is 0.316 e. The highest BCUT2D eigenvalue weighted by atomic mass is 32.2. The second kappa shape index (κ2) is 8.44. The van der Waals surface area contributed by atoms with Crippen LogP contribution in [0.5, 0.6) is 0 Å². The monoisotopic (exact) mass is 367 g/mol. The van der Waals surface area contributed by atoms with Gasteiger partial charge in [-0.05, 0) is 45.0 Å². The van der Waals surface area contributed by atoms with Crippen LogP contribution >= 0.6 is 11.8 Å². The molecule has 0 aliphatic heterocycles. The van der Waals surface area contributed by atoms with Gasteiger partial charge < -0.3 is 9.64 Å². The minimum Gasteiger partial charge on any atom is -0.462 e. The Kier molecular flexibility index (Phi) is 6.55. The van der Waals surface area contributed by atoms with Crippen LogP contribution in [0, 0.1) is 5.82 Å². The molecule has 0 saturated heterocycles. The van der Waals surface area contributed by atoms with E-state index in [9.17, 15) is 9.18 Å². The standard InChI is InChI=1S/C17H23FN4O2S/c1-11(2)24-15(23)10-25-17-20-19-16(12(3)21(4)5)22(17)14-8-6-13(18)7-9-14/h6-9,11-12H,10H2,1-5H3/p+1/t12-/m1/s1. The Morgan fingerprint density at radius 2 is 1.88 bits per heavy atom. The number of hydrogen-bond acceptors (Lipinski definition) is 5. The first-order valence-corrected chi connectivity index (χ1v) is 9.11. The highest BCUT2D eigenvalue weighted by molar-refractivity contribution is 7.99. The Morgan fingerprint density at radius 3 is 2.44 bits per heavy atom. The molecule has 8 heteroatoms. The lowest BCUT2D eigenvalue weighted by atomic mass is 10.2. The van der Waals surface area contributed by atoms with E-state index in [-0.39, 0.29) is 29.7 Å². The van der Waals surface area contributed by atoms with Crippen molar-refractivity contribution in [1.82, 2.24) is 14.8 Å². The van der Waals surface area contributed by atoms with Crippen molar-refractivity contribution in [2.24, 2.45) is 0 Å². The van der Waals surface area contributed by atoms with Gasteiger partial charge in [0.1, 0.15) is 11.9 Å². The van der Waals surface area contributed by atoms with Gasteiger partial charge in [0.05, 0.1) is 26.0 Å². The number of quaternary nitrogens is 1. The number of rotatable bonds is 7. The van der Waals surface area contributed by atoms with Crippen molar-refractivity contribution in [2.75, 3.05) is 19.8 Å². The fourth-order valence-electron chi connectivity index (χ4n) is 2.17. The summed E-state index contributed by atoms with van der Waals surface area (Å²) < 4.78 is 20.3. The molecule has 25 heavy (non-hydrogen) atoms. The van der Waals surface area contributed by atoms with Crippen LogP contribution in [-0.2, 0) is 9.53 Å². The third kappa shape index (κ3) is 5.02. The second-order valence-electron chi connectivity index (χ2n) is 6.28.